The quantitative estimate of drug-likeness (QED) is 0.333. The fourth-order valence-corrected chi connectivity index (χ4v) is 3.45. The SMILES string of the molecule is CCOC(=O)CC[C@H](NC(=O)[C@H](Cc1ccccc1)N(C)C(=O)OCc1ccccc1)C(=O)OCC. The molecule has 0 saturated heterocycles. The molecule has 0 aromatic heterocycles. The van der Waals surface area contributed by atoms with Gasteiger partial charge in [0.2, 0.25) is 5.91 Å². The maximum Gasteiger partial charge on any atom is 0.410 e. The Bertz CT molecular complexity index is 982. The third kappa shape index (κ3) is 9.40. The molecule has 0 radical (unpaired) electrons. The van der Waals surface area contributed by atoms with Gasteiger partial charge in [-0.2, -0.15) is 0 Å². The molecule has 2 aromatic rings. The molecule has 2 aromatic carbocycles. The molecule has 0 spiro atoms. The highest BCUT2D eigenvalue weighted by Crippen LogP contribution is 2.13. The van der Waals surface area contributed by atoms with E-state index in [0.29, 0.717) is 0 Å². The van der Waals surface area contributed by atoms with Crippen molar-refractivity contribution in [3.63, 3.8) is 0 Å². The van der Waals surface area contributed by atoms with Gasteiger partial charge >= 0.3 is 18.0 Å². The maximum atomic E-state index is 13.4. The number of hydrogen-bond acceptors (Lipinski definition) is 7. The fraction of sp³-hybridized carbons (Fsp3) is 0.407. The van der Waals surface area contributed by atoms with Gasteiger partial charge in [-0.1, -0.05) is 60.7 Å². The van der Waals surface area contributed by atoms with Crippen molar-refractivity contribution in [2.75, 3.05) is 20.3 Å². The zero-order chi connectivity index (χ0) is 26.3. The number of ether oxygens (including phenoxy) is 3. The number of hydrogen-bond donors (Lipinski definition) is 1. The third-order valence-electron chi connectivity index (χ3n) is 5.37. The molecule has 9 nitrogen and oxygen atoms in total. The third-order valence-corrected chi connectivity index (χ3v) is 5.37. The average Bonchev–Trinajstić information content (AvgIpc) is 2.89. The predicted molar refractivity (Wildman–Crippen MR) is 133 cm³/mol. The number of amides is 2. The van der Waals surface area contributed by atoms with Crippen LogP contribution in [0.2, 0.25) is 0 Å². The Labute approximate surface area is 211 Å². The lowest BCUT2D eigenvalue weighted by molar-refractivity contribution is -0.149. The van der Waals surface area contributed by atoms with E-state index in [1.807, 2.05) is 60.7 Å². The number of carbonyl (C=O) groups is 4. The summed E-state index contributed by atoms with van der Waals surface area (Å²) in [5.74, 6) is -1.72. The van der Waals surface area contributed by atoms with Crippen LogP contribution in [0.25, 0.3) is 0 Å². The molecule has 2 rings (SSSR count). The summed E-state index contributed by atoms with van der Waals surface area (Å²) >= 11 is 0. The Kier molecular flexibility index (Phi) is 12.0. The number of benzene rings is 2. The monoisotopic (exact) mass is 498 g/mol. The molecular weight excluding hydrogens is 464 g/mol. The lowest BCUT2D eigenvalue weighted by atomic mass is 10.0. The van der Waals surface area contributed by atoms with Crippen molar-refractivity contribution >= 4 is 23.9 Å². The lowest BCUT2D eigenvalue weighted by Crippen LogP contribution is -2.53. The van der Waals surface area contributed by atoms with Gasteiger partial charge in [-0.25, -0.2) is 9.59 Å². The van der Waals surface area contributed by atoms with E-state index >= 15 is 0 Å². The summed E-state index contributed by atoms with van der Waals surface area (Å²) in [6, 6.07) is 16.3. The largest absolute Gasteiger partial charge is 0.466 e. The van der Waals surface area contributed by atoms with Gasteiger partial charge in [-0.05, 0) is 31.4 Å². The van der Waals surface area contributed by atoms with E-state index in [1.54, 1.807) is 13.8 Å². The predicted octanol–water partition coefficient (Wildman–Crippen LogP) is 3.26. The summed E-state index contributed by atoms with van der Waals surface area (Å²) in [5.41, 5.74) is 1.63. The Balaban J connectivity index is 2.17. The molecule has 2 amide bonds. The van der Waals surface area contributed by atoms with Crippen molar-refractivity contribution in [2.45, 2.75) is 51.8 Å². The number of likely N-dealkylation sites (N-methyl/N-ethyl adjacent to an activating group) is 1. The molecule has 0 bridgehead atoms. The van der Waals surface area contributed by atoms with Crippen LogP contribution in [0.1, 0.15) is 37.8 Å². The summed E-state index contributed by atoms with van der Waals surface area (Å²) in [4.78, 5) is 51.7. The molecule has 0 aliphatic heterocycles. The zero-order valence-corrected chi connectivity index (χ0v) is 21.0. The number of esters is 2. The summed E-state index contributed by atoms with van der Waals surface area (Å²) in [7, 11) is 1.47. The molecule has 0 unspecified atom stereocenters. The van der Waals surface area contributed by atoms with Crippen LogP contribution in [-0.4, -0.2) is 61.2 Å². The van der Waals surface area contributed by atoms with Gasteiger partial charge in [0.25, 0.3) is 0 Å². The van der Waals surface area contributed by atoms with E-state index in [4.69, 9.17) is 14.2 Å². The molecule has 194 valence electrons. The minimum absolute atomic E-state index is 0.00360. The molecule has 0 fully saturated rings. The van der Waals surface area contributed by atoms with Crippen LogP contribution in [0, 0.1) is 0 Å². The fourth-order valence-electron chi connectivity index (χ4n) is 3.45. The van der Waals surface area contributed by atoms with Crippen LogP contribution in [0.15, 0.2) is 60.7 Å². The van der Waals surface area contributed by atoms with Crippen molar-refractivity contribution in [3.05, 3.63) is 71.8 Å². The van der Waals surface area contributed by atoms with Gasteiger partial charge in [0.15, 0.2) is 0 Å². The van der Waals surface area contributed by atoms with Crippen LogP contribution in [-0.2, 0) is 41.6 Å². The second-order valence-electron chi connectivity index (χ2n) is 8.01. The second kappa shape index (κ2) is 15.2. The molecule has 36 heavy (non-hydrogen) atoms. The van der Waals surface area contributed by atoms with Crippen LogP contribution in [0.3, 0.4) is 0 Å². The maximum absolute atomic E-state index is 13.4. The smallest absolute Gasteiger partial charge is 0.410 e. The highest BCUT2D eigenvalue weighted by Gasteiger charge is 2.32. The second-order valence-corrected chi connectivity index (χ2v) is 8.01. The molecule has 0 saturated carbocycles. The Morgan fingerprint density at radius 2 is 1.42 bits per heavy atom. The minimum Gasteiger partial charge on any atom is -0.466 e. The molecule has 0 aliphatic rings. The molecular formula is C27H34N2O7. The van der Waals surface area contributed by atoms with Crippen LogP contribution < -0.4 is 5.32 Å². The minimum atomic E-state index is -1.08. The molecule has 1 N–H and O–H groups in total. The first-order chi connectivity index (χ1) is 17.3. The first-order valence-electron chi connectivity index (χ1n) is 12.0. The van der Waals surface area contributed by atoms with Gasteiger partial charge in [0, 0.05) is 19.9 Å². The van der Waals surface area contributed by atoms with Crippen molar-refractivity contribution in [1.82, 2.24) is 10.2 Å². The Morgan fingerprint density at radius 1 is 0.833 bits per heavy atom. The standard InChI is InChI=1S/C27H34N2O7/c1-4-34-24(30)17-16-22(26(32)35-5-2)28-25(31)23(18-20-12-8-6-9-13-20)29(3)27(33)36-19-21-14-10-7-11-15-21/h6-15,22-23H,4-5,16-19H2,1-3H3,(H,28,31)/t22-,23-/m0/s1. The van der Waals surface area contributed by atoms with Crippen molar-refractivity contribution in [3.8, 4) is 0 Å². The van der Waals surface area contributed by atoms with E-state index in [-0.39, 0.29) is 39.1 Å². The van der Waals surface area contributed by atoms with Gasteiger partial charge in [0.1, 0.15) is 18.7 Å². The topological polar surface area (TPSA) is 111 Å². The molecule has 2 atom stereocenters. The lowest BCUT2D eigenvalue weighted by Gasteiger charge is -2.28. The van der Waals surface area contributed by atoms with Gasteiger partial charge in [-0.3, -0.25) is 14.5 Å². The highest BCUT2D eigenvalue weighted by molar-refractivity contribution is 5.90. The van der Waals surface area contributed by atoms with Gasteiger partial charge < -0.3 is 19.5 Å². The highest BCUT2D eigenvalue weighted by atomic mass is 16.6. The number of nitrogens with zero attached hydrogens (tertiary/aromatic N) is 1. The van der Waals surface area contributed by atoms with Crippen molar-refractivity contribution in [2.24, 2.45) is 0 Å². The Hall–Kier alpha value is -3.88. The van der Waals surface area contributed by atoms with Crippen LogP contribution in [0.5, 0.6) is 0 Å². The summed E-state index contributed by atoms with van der Waals surface area (Å²) < 4.78 is 15.4. The zero-order valence-electron chi connectivity index (χ0n) is 21.0. The van der Waals surface area contributed by atoms with Crippen molar-refractivity contribution in [1.29, 1.82) is 0 Å². The van der Waals surface area contributed by atoms with E-state index in [9.17, 15) is 19.2 Å². The molecule has 0 heterocycles. The van der Waals surface area contributed by atoms with E-state index < -0.39 is 36.0 Å². The number of nitrogens with one attached hydrogen (secondary N) is 1. The van der Waals surface area contributed by atoms with Gasteiger partial charge in [0.05, 0.1) is 13.2 Å². The van der Waals surface area contributed by atoms with E-state index in [0.717, 1.165) is 11.1 Å². The van der Waals surface area contributed by atoms with Crippen LogP contribution in [0.4, 0.5) is 4.79 Å². The summed E-state index contributed by atoms with van der Waals surface area (Å²) in [6.07, 6.45) is -0.564. The first kappa shape index (κ1) is 28.4. The summed E-state index contributed by atoms with van der Waals surface area (Å²) in [5, 5.41) is 2.66. The summed E-state index contributed by atoms with van der Waals surface area (Å²) in [6.45, 7) is 3.71. The average molecular weight is 499 g/mol. The molecule has 0 aliphatic carbocycles. The van der Waals surface area contributed by atoms with Crippen LogP contribution >= 0.6 is 0 Å². The van der Waals surface area contributed by atoms with Gasteiger partial charge in [-0.15, -0.1) is 0 Å². The normalized spacial score (nSPS) is 12.1. The first-order valence-corrected chi connectivity index (χ1v) is 12.0. The van der Waals surface area contributed by atoms with Crippen molar-refractivity contribution < 1.29 is 33.4 Å². The number of carbonyl (C=O) groups excluding carboxylic acids is 4. The van der Waals surface area contributed by atoms with E-state index in [1.165, 1.54) is 11.9 Å². The van der Waals surface area contributed by atoms with E-state index in [2.05, 4.69) is 5.32 Å². The Morgan fingerprint density at radius 3 is 2.00 bits per heavy atom. The number of rotatable bonds is 13. The molecule has 9 heteroatoms.